The molecule has 82 valence electrons. The van der Waals surface area contributed by atoms with Crippen LogP contribution < -0.4 is 0 Å². The number of rotatable bonds is 4. The Morgan fingerprint density at radius 2 is 2.21 bits per heavy atom. The van der Waals surface area contributed by atoms with Crippen molar-refractivity contribution in [1.29, 1.82) is 0 Å². The number of unbranched alkanes of at least 4 members (excludes halogenated alkanes) is 1. The van der Waals surface area contributed by atoms with E-state index in [9.17, 15) is 4.79 Å². The first-order valence-corrected chi connectivity index (χ1v) is 5.30. The van der Waals surface area contributed by atoms with Gasteiger partial charge in [-0.1, -0.05) is 13.3 Å². The topological polar surface area (TPSA) is 43.8 Å². The molecule has 1 atom stereocenters. The third-order valence-electron chi connectivity index (χ3n) is 2.78. The van der Waals surface area contributed by atoms with E-state index in [4.69, 9.17) is 5.11 Å². The van der Waals surface area contributed by atoms with Crippen molar-refractivity contribution in [2.45, 2.75) is 25.8 Å². The van der Waals surface area contributed by atoms with E-state index in [2.05, 4.69) is 16.7 Å². The second-order valence-corrected chi connectivity index (χ2v) is 4.01. The first kappa shape index (κ1) is 11.5. The van der Waals surface area contributed by atoms with Crippen molar-refractivity contribution in [2.75, 3.05) is 33.2 Å². The van der Waals surface area contributed by atoms with Crippen LogP contribution in [-0.4, -0.2) is 60.1 Å². The fraction of sp³-hybridized carbons (Fsp3) is 0.900. The quantitative estimate of drug-likeness (QED) is 0.717. The van der Waals surface area contributed by atoms with Crippen LogP contribution >= 0.6 is 0 Å². The maximum absolute atomic E-state index is 11.0. The van der Waals surface area contributed by atoms with Gasteiger partial charge in [0.25, 0.3) is 0 Å². The van der Waals surface area contributed by atoms with Crippen molar-refractivity contribution >= 4 is 5.97 Å². The molecule has 0 aliphatic carbocycles. The smallest absolute Gasteiger partial charge is 0.322 e. The molecule has 0 aromatic heterocycles. The number of piperazine rings is 1. The minimum Gasteiger partial charge on any atom is -0.480 e. The van der Waals surface area contributed by atoms with E-state index in [0.717, 1.165) is 32.5 Å². The maximum Gasteiger partial charge on any atom is 0.322 e. The highest BCUT2D eigenvalue weighted by Crippen LogP contribution is 2.09. The Hall–Kier alpha value is -0.610. The van der Waals surface area contributed by atoms with Gasteiger partial charge in [-0.25, -0.2) is 0 Å². The van der Waals surface area contributed by atoms with E-state index in [0.29, 0.717) is 6.54 Å². The van der Waals surface area contributed by atoms with Crippen LogP contribution in [0.3, 0.4) is 0 Å². The van der Waals surface area contributed by atoms with Crippen LogP contribution in [0.2, 0.25) is 0 Å². The lowest BCUT2D eigenvalue weighted by Gasteiger charge is -2.37. The number of likely N-dealkylation sites (N-methyl/N-ethyl adjacent to an activating group) is 1. The van der Waals surface area contributed by atoms with Gasteiger partial charge in [-0.05, 0) is 20.0 Å². The Labute approximate surface area is 85.5 Å². The van der Waals surface area contributed by atoms with Gasteiger partial charge in [-0.2, -0.15) is 0 Å². The summed E-state index contributed by atoms with van der Waals surface area (Å²) in [6, 6.07) is -0.305. The molecule has 1 saturated heterocycles. The summed E-state index contributed by atoms with van der Waals surface area (Å²) in [6.45, 7) is 5.56. The van der Waals surface area contributed by atoms with E-state index in [1.54, 1.807) is 0 Å². The van der Waals surface area contributed by atoms with E-state index in [1.807, 2.05) is 7.05 Å². The minimum absolute atomic E-state index is 0.305. The Morgan fingerprint density at radius 3 is 2.79 bits per heavy atom. The number of aliphatic carboxylic acids is 1. The number of hydrogen-bond acceptors (Lipinski definition) is 3. The molecular formula is C10H20N2O2. The summed E-state index contributed by atoms with van der Waals surface area (Å²) < 4.78 is 0. The summed E-state index contributed by atoms with van der Waals surface area (Å²) in [5.41, 5.74) is 0. The summed E-state index contributed by atoms with van der Waals surface area (Å²) in [5, 5.41) is 9.06. The predicted octanol–water partition coefficient (Wildman–Crippen LogP) is 0.487. The summed E-state index contributed by atoms with van der Waals surface area (Å²) in [7, 11) is 1.98. The van der Waals surface area contributed by atoms with Gasteiger partial charge in [0.05, 0.1) is 0 Å². The Bertz CT molecular complexity index is 195. The number of carboxylic acid groups (broad SMARTS) is 1. The molecule has 0 aromatic rings. The van der Waals surface area contributed by atoms with Crippen molar-refractivity contribution < 1.29 is 9.90 Å². The second-order valence-electron chi connectivity index (χ2n) is 4.01. The summed E-state index contributed by atoms with van der Waals surface area (Å²) in [6.07, 6.45) is 2.21. The van der Waals surface area contributed by atoms with Crippen molar-refractivity contribution in [2.24, 2.45) is 0 Å². The van der Waals surface area contributed by atoms with Gasteiger partial charge in [0.1, 0.15) is 6.04 Å². The molecule has 1 aliphatic rings. The first-order valence-electron chi connectivity index (χ1n) is 5.30. The molecular weight excluding hydrogens is 180 g/mol. The Morgan fingerprint density at radius 1 is 1.50 bits per heavy atom. The molecule has 4 heteroatoms. The van der Waals surface area contributed by atoms with E-state index in [1.165, 1.54) is 0 Å². The molecule has 4 nitrogen and oxygen atoms in total. The van der Waals surface area contributed by atoms with E-state index in [-0.39, 0.29) is 6.04 Å². The molecule has 1 rings (SSSR count). The molecule has 14 heavy (non-hydrogen) atoms. The predicted molar refractivity (Wildman–Crippen MR) is 55.4 cm³/mol. The third kappa shape index (κ3) is 2.96. The zero-order valence-electron chi connectivity index (χ0n) is 9.07. The lowest BCUT2D eigenvalue weighted by Crippen LogP contribution is -2.55. The highest BCUT2D eigenvalue weighted by Gasteiger charge is 2.29. The van der Waals surface area contributed by atoms with Crippen LogP contribution in [0.1, 0.15) is 19.8 Å². The van der Waals surface area contributed by atoms with Gasteiger partial charge < -0.3 is 10.0 Å². The normalized spacial score (nSPS) is 25.1. The number of carboxylic acids is 1. The SMILES string of the molecule is CCCCN1CCN(C)CC1C(=O)O. The van der Waals surface area contributed by atoms with Crippen molar-refractivity contribution in [1.82, 2.24) is 9.80 Å². The fourth-order valence-corrected chi connectivity index (χ4v) is 1.82. The molecule has 0 radical (unpaired) electrons. The van der Waals surface area contributed by atoms with E-state index >= 15 is 0 Å². The monoisotopic (exact) mass is 200 g/mol. The number of carbonyl (C=O) groups is 1. The highest BCUT2D eigenvalue weighted by molar-refractivity contribution is 5.73. The summed E-state index contributed by atoms with van der Waals surface area (Å²) in [5.74, 6) is -0.687. The maximum atomic E-state index is 11.0. The van der Waals surface area contributed by atoms with Gasteiger partial charge in [0, 0.05) is 19.6 Å². The van der Waals surface area contributed by atoms with Gasteiger partial charge in [-0.3, -0.25) is 9.69 Å². The van der Waals surface area contributed by atoms with Crippen molar-refractivity contribution in [3.05, 3.63) is 0 Å². The number of nitrogens with zero attached hydrogens (tertiary/aromatic N) is 2. The van der Waals surface area contributed by atoms with Crippen LogP contribution in [0.25, 0.3) is 0 Å². The zero-order valence-corrected chi connectivity index (χ0v) is 9.07. The van der Waals surface area contributed by atoms with Crippen LogP contribution in [0, 0.1) is 0 Å². The van der Waals surface area contributed by atoms with E-state index < -0.39 is 5.97 Å². The zero-order chi connectivity index (χ0) is 10.6. The molecule has 0 saturated carbocycles. The van der Waals surface area contributed by atoms with Gasteiger partial charge in [0.15, 0.2) is 0 Å². The van der Waals surface area contributed by atoms with Gasteiger partial charge in [0.2, 0.25) is 0 Å². The average Bonchev–Trinajstić information content (AvgIpc) is 2.15. The number of hydrogen-bond donors (Lipinski definition) is 1. The van der Waals surface area contributed by atoms with Crippen LogP contribution in [0.5, 0.6) is 0 Å². The molecule has 1 unspecified atom stereocenters. The highest BCUT2D eigenvalue weighted by atomic mass is 16.4. The average molecular weight is 200 g/mol. The van der Waals surface area contributed by atoms with Crippen LogP contribution in [0.15, 0.2) is 0 Å². The molecule has 0 aromatic carbocycles. The molecule has 1 heterocycles. The van der Waals surface area contributed by atoms with Crippen LogP contribution in [0.4, 0.5) is 0 Å². The van der Waals surface area contributed by atoms with Gasteiger partial charge in [-0.15, -0.1) is 0 Å². The van der Waals surface area contributed by atoms with Gasteiger partial charge >= 0.3 is 5.97 Å². The summed E-state index contributed by atoms with van der Waals surface area (Å²) >= 11 is 0. The third-order valence-corrected chi connectivity index (χ3v) is 2.78. The van der Waals surface area contributed by atoms with Crippen LogP contribution in [-0.2, 0) is 4.79 Å². The largest absolute Gasteiger partial charge is 0.480 e. The molecule has 1 aliphatic heterocycles. The summed E-state index contributed by atoms with van der Waals surface area (Å²) in [4.78, 5) is 15.2. The minimum atomic E-state index is -0.687. The van der Waals surface area contributed by atoms with Crippen molar-refractivity contribution in [3.63, 3.8) is 0 Å². The molecule has 0 spiro atoms. The fourth-order valence-electron chi connectivity index (χ4n) is 1.82. The Kier molecular flexibility index (Phi) is 4.35. The Balaban J connectivity index is 2.49. The second kappa shape index (κ2) is 5.32. The molecule has 1 fully saturated rings. The lowest BCUT2D eigenvalue weighted by molar-refractivity contribution is -0.145. The molecule has 1 N–H and O–H groups in total. The van der Waals surface area contributed by atoms with Crippen molar-refractivity contribution in [3.8, 4) is 0 Å². The molecule has 0 bridgehead atoms. The lowest BCUT2D eigenvalue weighted by atomic mass is 10.1. The standard InChI is InChI=1S/C10H20N2O2/c1-3-4-5-12-7-6-11(2)8-9(12)10(13)14/h9H,3-8H2,1-2H3,(H,13,14). The first-order chi connectivity index (χ1) is 6.65. The molecule has 0 amide bonds.